The molecule has 3 rings (SSSR count). The Balaban J connectivity index is 1.82. The SMILES string of the molecule is COc1ccccc1NC(=O)c1cc(S(=O)(=O)NC2CCCCCC2)ccc1F. The quantitative estimate of drug-likeness (QED) is 0.690. The van der Waals surface area contributed by atoms with Gasteiger partial charge in [-0.15, -0.1) is 0 Å². The normalized spacial score (nSPS) is 15.5. The van der Waals surface area contributed by atoms with Gasteiger partial charge in [-0.3, -0.25) is 4.79 Å². The highest BCUT2D eigenvalue weighted by Crippen LogP contribution is 2.25. The van der Waals surface area contributed by atoms with E-state index in [-0.39, 0.29) is 16.5 Å². The molecular weight excluding hydrogens is 395 g/mol. The van der Waals surface area contributed by atoms with E-state index >= 15 is 0 Å². The van der Waals surface area contributed by atoms with Crippen molar-refractivity contribution in [1.29, 1.82) is 0 Å². The number of benzene rings is 2. The Morgan fingerprint density at radius 3 is 2.45 bits per heavy atom. The second-order valence-electron chi connectivity index (χ2n) is 7.11. The summed E-state index contributed by atoms with van der Waals surface area (Å²) in [5.74, 6) is -1.13. The van der Waals surface area contributed by atoms with Gasteiger partial charge in [-0.05, 0) is 43.2 Å². The van der Waals surface area contributed by atoms with E-state index in [2.05, 4.69) is 10.0 Å². The molecule has 0 radical (unpaired) electrons. The molecule has 1 amide bonds. The molecular formula is C21H25FN2O4S. The first-order valence-corrected chi connectivity index (χ1v) is 11.2. The average Bonchev–Trinajstić information content (AvgIpc) is 2.96. The number of rotatable bonds is 6. The van der Waals surface area contributed by atoms with Gasteiger partial charge in [-0.2, -0.15) is 0 Å². The minimum Gasteiger partial charge on any atom is -0.495 e. The number of halogens is 1. The van der Waals surface area contributed by atoms with Gasteiger partial charge >= 0.3 is 0 Å². The van der Waals surface area contributed by atoms with Crippen LogP contribution in [0.5, 0.6) is 5.75 Å². The number of carbonyl (C=O) groups is 1. The molecule has 29 heavy (non-hydrogen) atoms. The van der Waals surface area contributed by atoms with Crippen LogP contribution in [-0.4, -0.2) is 27.5 Å². The largest absolute Gasteiger partial charge is 0.495 e. The molecule has 0 spiro atoms. The monoisotopic (exact) mass is 420 g/mol. The van der Waals surface area contributed by atoms with Gasteiger partial charge in [-0.1, -0.05) is 37.8 Å². The Hall–Kier alpha value is -2.45. The maximum Gasteiger partial charge on any atom is 0.258 e. The van der Waals surface area contributed by atoms with Gasteiger partial charge in [0.15, 0.2) is 0 Å². The van der Waals surface area contributed by atoms with Crippen molar-refractivity contribution in [1.82, 2.24) is 4.72 Å². The fourth-order valence-corrected chi connectivity index (χ4v) is 4.80. The van der Waals surface area contributed by atoms with Gasteiger partial charge in [-0.25, -0.2) is 17.5 Å². The lowest BCUT2D eigenvalue weighted by atomic mass is 10.1. The highest BCUT2D eigenvalue weighted by Gasteiger charge is 2.24. The third kappa shape index (κ3) is 5.33. The number of anilines is 1. The van der Waals surface area contributed by atoms with Crippen LogP contribution in [0, 0.1) is 5.82 Å². The average molecular weight is 421 g/mol. The first-order valence-electron chi connectivity index (χ1n) is 9.67. The molecule has 8 heteroatoms. The third-order valence-corrected chi connectivity index (χ3v) is 6.54. The molecule has 0 saturated heterocycles. The Bertz CT molecular complexity index is 970. The number of sulfonamides is 1. The summed E-state index contributed by atoms with van der Waals surface area (Å²) in [6.07, 6.45) is 5.71. The Morgan fingerprint density at radius 1 is 1.07 bits per heavy atom. The lowest BCUT2D eigenvalue weighted by molar-refractivity contribution is 0.102. The molecule has 1 saturated carbocycles. The van der Waals surface area contributed by atoms with Crippen LogP contribution in [0.25, 0.3) is 0 Å². The van der Waals surface area contributed by atoms with Crippen LogP contribution >= 0.6 is 0 Å². The number of nitrogens with one attached hydrogen (secondary N) is 2. The standard InChI is InChI=1S/C21H25FN2O4S/c1-28-20-11-7-6-10-19(20)23-21(25)17-14-16(12-13-18(17)22)29(26,27)24-15-8-4-2-3-5-9-15/h6-7,10-15,24H,2-5,8-9H2,1H3,(H,23,25). The molecule has 0 aliphatic heterocycles. The molecule has 0 bridgehead atoms. The fraction of sp³-hybridized carbons (Fsp3) is 0.381. The molecule has 1 fully saturated rings. The molecule has 2 aromatic rings. The molecule has 2 N–H and O–H groups in total. The van der Waals surface area contributed by atoms with E-state index in [4.69, 9.17) is 4.74 Å². The molecule has 0 heterocycles. The number of ether oxygens (including phenoxy) is 1. The van der Waals surface area contributed by atoms with Crippen molar-refractivity contribution in [2.45, 2.75) is 49.5 Å². The summed E-state index contributed by atoms with van der Waals surface area (Å²) < 4.78 is 47.7. The van der Waals surface area contributed by atoms with Crippen molar-refractivity contribution in [2.75, 3.05) is 12.4 Å². The smallest absolute Gasteiger partial charge is 0.258 e. The van der Waals surface area contributed by atoms with Crippen LogP contribution in [0.3, 0.4) is 0 Å². The molecule has 6 nitrogen and oxygen atoms in total. The van der Waals surface area contributed by atoms with E-state index in [0.717, 1.165) is 50.7 Å². The van der Waals surface area contributed by atoms with E-state index in [1.165, 1.54) is 13.2 Å². The topological polar surface area (TPSA) is 84.5 Å². The number of hydrogen-bond donors (Lipinski definition) is 2. The molecule has 156 valence electrons. The predicted molar refractivity (Wildman–Crippen MR) is 109 cm³/mol. The number of hydrogen-bond acceptors (Lipinski definition) is 4. The zero-order valence-corrected chi connectivity index (χ0v) is 17.1. The zero-order chi connectivity index (χ0) is 20.9. The van der Waals surface area contributed by atoms with E-state index in [1.807, 2.05) is 0 Å². The zero-order valence-electron chi connectivity index (χ0n) is 16.3. The van der Waals surface area contributed by atoms with Gasteiger partial charge in [0.2, 0.25) is 10.0 Å². The van der Waals surface area contributed by atoms with Crippen LogP contribution in [0.1, 0.15) is 48.9 Å². The van der Waals surface area contributed by atoms with Gasteiger partial charge in [0.05, 0.1) is 23.3 Å². The molecule has 1 aliphatic carbocycles. The highest BCUT2D eigenvalue weighted by molar-refractivity contribution is 7.89. The molecule has 0 atom stereocenters. The Labute approximate surface area is 170 Å². The van der Waals surface area contributed by atoms with E-state index < -0.39 is 21.7 Å². The lowest BCUT2D eigenvalue weighted by Crippen LogP contribution is -2.34. The maximum absolute atomic E-state index is 14.3. The summed E-state index contributed by atoms with van der Waals surface area (Å²) in [6.45, 7) is 0. The van der Waals surface area contributed by atoms with Crippen molar-refractivity contribution in [3.63, 3.8) is 0 Å². The number of para-hydroxylation sites is 2. The van der Waals surface area contributed by atoms with E-state index in [0.29, 0.717) is 11.4 Å². The van der Waals surface area contributed by atoms with Crippen molar-refractivity contribution < 1.29 is 22.3 Å². The summed E-state index contributed by atoms with van der Waals surface area (Å²) in [5.41, 5.74) is 0.0175. The van der Waals surface area contributed by atoms with Crippen LogP contribution in [-0.2, 0) is 10.0 Å². The first-order chi connectivity index (χ1) is 13.9. The van der Waals surface area contributed by atoms with E-state index in [9.17, 15) is 17.6 Å². The van der Waals surface area contributed by atoms with Crippen LogP contribution < -0.4 is 14.8 Å². The van der Waals surface area contributed by atoms with Gasteiger partial charge in [0.25, 0.3) is 5.91 Å². The molecule has 0 aromatic heterocycles. The number of amides is 1. The van der Waals surface area contributed by atoms with Crippen molar-refractivity contribution >= 4 is 21.6 Å². The minimum absolute atomic E-state index is 0.131. The van der Waals surface area contributed by atoms with Crippen LogP contribution in [0.2, 0.25) is 0 Å². The first kappa shape index (κ1) is 21.3. The van der Waals surface area contributed by atoms with Gasteiger partial charge in [0, 0.05) is 6.04 Å². The van der Waals surface area contributed by atoms with Crippen molar-refractivity contribution in [3.8, 4) is 5.75 Å². The summed E-state index contributed by atoms with van der Waals surface area (Å²) in [5, 5.41) is 2.57. The number of methoxy groups -OCH3 is 1. The lowest BCUT2D eigenvalue weighted by Gasteiger charge is -2.17. The third-order valence-electron chi connectivity index (χ3n) is 5.02. The Morgan fingerprint density at radius 2 is 1.76 bits per heavy atom. The second kappa shape index (κ2) is 9.37. The van der Waals surface area contributed by atoms with Crippen molar-refractivity contribution in [2.24, 2.45) is 0 Å². The predicted octanol–water partition coefficient (Wildman–Crippen LogP) is 4.09. The minimum atomic E-state index is -3.86. The molecule has 2 aromatic carbocycles. The van der Waals surface area contributed by atoms with Crippen molar-refractivity contribution in [3.05, 3.63) is 53.8 Å². The second-order valence-corrected chi connectivity index (χ2v) is 8.82. The highest BCUT2D eigenvalue weighted by atomic mass is 32.2. The summed E-state index contributed by atoms with van der Waals surface area (Å²) in [7, 11) is -2.40. The maximum atomic E-state index is 14.3. The van der Waals surface area contributed by atoms with Gasteiger partial charge in [0.1, 0.15) is 11.6 Å². The Kier molecular flexibility index (Phi) is 6.87. The summed E-state index contributed by atoms with van der Waals surface area (Å²) >= 11 is 0. The number of carbonyl (C=O) groups excluding carboxylic acids is 1. The molecule has 1 aliphatic rings. The van der Waals surface area contributed by atoms with E-state index in [1.54, 1.807) is 24.3 Å². The van der Waals surface area contributed by atoms with Gasteiger partial charge < -0.3 is 10.1 Å². The summed E-state index contributed by atoms with van der Waals surface area (Å²) in [6, 6.07) is 9.81. The molecule has 0 unspecified atom stereocenters. The van der Waals surface area contributed by atoms with Crippen LogP contribution in [0.15, 0.2) is 47.4 Å². The van der Waals surface area contributed by atoms with Crippen LogP contribution in [0.4, 0.5) is 10.1 Å². The fourth-order valence-electron chi connectivity index (χ4n) is 3.47. The summed E-state index contributed by atoms with van der Waals surface area (Å²) in [4.78, 5) is 12.5.